The van der Waals surface area contributed by atoms with Gasteiger partial charge in [-0.2, -0.15) is 0 Å². The summed E-state index contributed by atoms with van der Waals surface area (Å²) < 4.78 is 10.7. The minimum Gasteiger partial charge on any atom is -0.497 e. The SMILES string of the molecule is COc1ccc(OC)c(-c2cc(C(=O)O)c3cc(Cl)cc(C)c3n2)c1. The van der Waals surface area contributed by atoms with Crippen LogP contribution in [0.5, 0.6) is 11.5 Å². The van der Waals surface area contributed by atoms with Gasteiger partial charge in [-0.1, -0.05) is 11.6 Å². The van der Waals surface area contributed by atoms with Gasteiger partial charge in [-0.3, -0.25) is 0 Å². The third-order valence-corrected chi connectivity index (χ3v) is 4.20. The molecule has 25 heavy (non-hydrogen) atoms. The summed E-state index contributed by atoms with van der Waals surface area (Å²) in [7, 11) is 3.11. The van der Waals surface area contributed by atoms with Crippen LogP contribution < -0.4 is 9.47 Å². The van der Waals surface area contributed by atoms with E-state index in [1.807, 2.05) is 6.92 Å². The number of hydrogen-bond acceptors (Lipinski definition) is 4. The number of fused-ring (bicyclic) bond motifs is 1. The number of benzene rings is 2. The Bertz CT molecular complexity index is 985. The Kier molecular flexibility index (Phi) is 4.51. The second-order valence-electron chi connectivity index (χ2n) is 5.55. The summed E-state index contributed by atoms with van der Waals surface area (Å²) in [5, 5.41) is 10.6. The minimum atomic E-state index is -1.04. The van der Waals surface area contributed by atoms with E-state index in [0.717, 1.165) is 5.56 Å². The summed E-state index contributed by atoms with van der Waals surface area (Å²) in [5.74, 6) is 0.162. The molecule has 3 aromatic rings. The van der Waals surface area contributed by atoms with Crippen molar-refractivity contribution in [1.29, 1.82) is 0 Å². The summed E-state index contributed by atoms with van der Waals surface area (Å²) in [6, 6.07) is 10.2. The molecule has 0 aliphatic carbocycles. The van der Waals surface area contributed by atoms with E-state index in [1.54, 1.807) is 44.6 Å². The molecular weight excluding hydrogens is 342 g/mol. The lowest BCUT2D eigenvalue weighted by molar-refractivity contribution is 0.0699. The Balaban J connectivity index is 2.37. The highest BCUT2D eigenvalue weighted by Gasteiger charge is 2.17. The van der Waals surface area contributed by atoms with Crippen molar-refractivity contribution in [2.45, 2.75) is 6.92 Å². The van der Waals surface area contributed by atoms with Gasteiger partial charge >= 0.3 is 5.97 Å². The smallest absolute Gasteiger partial charge is 0.336 e. The van der Waals surface area contributed by atoms with Gasteiger partial charge in [0.15, 0.2) is 0 Å². The van der Waals surface area contributed by atoms with Crippen LogP contribution in [0.25, 0.3) is 22.2 Å². The fourth-order valence-corrected chi connectivity index (χ4v) is 3.06. The summed E-state index contributed by atoms with van der Waals surface area (Å²) in [6.45, 7) is 1.85. The number of methoxy groups -OCH3 is 2. The number of hydrogen-bond donors (Lipinski definition) is 1. The summed E-state index contributed by atoms with van der Waals surface area (Å²) in [6.07, 6.45) is 0. The highest BCUT2D eigenvalue weighted by atomic mass is 35.5. The van der Waals surface area contributed by atoms with Crippen molar-refractivity contribution in [3.05, 3.63) is 52.5 Å². The second-order valence-corrected chi connectivity index (χ2v) is 5.98. The maximum absolute atomic E-state index is 11.8. The molecular formula is C19H16ClNO4. The van der Waals surface area contributed by atoms with Gasteiger partial charge in [-0.25, -0.2) is 9.78 Å². The molecule has 1 aromatic heterocycles. The maximum atomic E-state index is 11.8. The second kappa shape index (κ2) is 6.61. The predicted molar refractivity (Wildman–Crippen MR) is 97.0 cm³/mol. The van der Waals surface area contributed by atoms with Crippen LogP contribution in [0.4, 0.5) is 0 Å². The van der Waals surface area contributed by atoms with E-state index in [-0.39, 0.29) is 5.56 Å². The lowest BCUT2D eigenvalue weighted by Crippen LogP contribution is -2.02. The number of halogens is 1. The number of ether oxygens (including phenoxy) is 2. The maximum Gasteiger partial charge on any atom is 0.336 e. The summed E-state index contributed by atoms with van der Waals surface area (Å²) in [4.78, 5) is 16.4. The quantitative estimate of drug-likeness (QED) is 0.740. The van der Waals surface area contributed by atoms with E-state index in [4.69, 9.17) is 21.1 Å². The first-order valence-corrected chi connectivity index (χ1v) is 7.89. The van der Waals surface area contributed by atoms with Crippen molar-refractivity contribution in [3.63, 3.8) is 0 Å². The van der Waals surface area contributed by atoms with Crippen molar-refractivity contribution in [3.8, 4) is 22.8 Å². The van der Waals surface area contributed by atoms with Gasteiger partial charge < -0.3 is 14.6 Å². The number of pyridine rings is 1. The Morgan fingerprint density at radius 3 is 2.52 bits per heavy atom. The van der Waals surface area contributed by atoms with Crippen LogP contribution in [0.1, 0.15) is 15.9 Å². The van der Waals surface area contributed by atoms with Gasteiger partial charge in [0, 0.05) is 16.0 Å². The van der Waals surface area contributed by atoms with Gasteiger partial charge in [-0.15, -0.1) is 0 Å². The Labute approximate surface area is 149 Å². The first kappa shape index (κ1) is 17.0. The molecule has 3 rings (SSSR count). The number of rotatable bonds is 4. The molecule has 0 aliphatic rings. The molecule has 0 aliphatic heterocycles. The fourth-order valence-electron chi connectivity index (χ4n) is 2.79. The molecule has 0 spiro atoms. The van der Waals surface area contributed by atoms with Crippen molar-refractivity contribution in [2.75, 3.05) is 14.2 Å². The number of aromatic nitrogens is 1. The van der Waals surface area contributed by atoms with Gasteiger partial charge in [0.05, 0.1) is 31.0 Å². The highest BCUT2D eigenvalue weighted by Crippen LogP contribution is 2.35. The molecule has 1 N–H and O–H groups in total. The normalized spacial score (nSPS) is 10.7. The third-order valence-electron chi connectivity index (χ3n) is 3.98. The van der Waals surface area contributed by atoms with Crippen molar-refractivity contribution < 1.29 is 19.4 Å². The molecule has 128 valence electrons. The summed E-state index contributed by atoms with van der Waals surface area (Å²) in [5.41, 5.74) is 2.67. The molecule has 0 amide bonds. The van der Waals surface area contributed by atoms with E-state index in [1.165, 1.54) is 6.07 Å². The van der Waals surface area contributed by atoms with Crippen LogP contribution in [-0.4, -0.2) is 30.3 Å². The molecule has 2 aromatic carbocycles. The van der Waals surface area contributed by atoms with Crippen molar-refractivity contribution in [2.24, 2.45) is 0 Å². The molecule has 1 heterocycles. The Morgan fingerprint density at radius 2 is 1.88 bits per heavy atom. The number of carbonyl (C=O) groups is 1. The molecule has 0 bridgehead atoms. The van der Waals surface area contributed by atoms with Crippen LogP contribution in [0.15, 0.2) is 36.4 Å². The monoisotopic (exact) mass is 357 g/mol. The van der Waals surface area contributed by atoms with E-state index >= 15 is 0 Å². The molecule has 0 unspecified atom stereocenters. The topological polar surface area (TPSA) is 68.7 Å². The van der Waals surface area contributed by atoms with Gasteiger partial charge in [-0.05, 0) is 48.9 Å². The molecule has 0 saturated heterocycles. The van der Waals surface area contributed by atoms with Crippen LogP contribution >= 0.6 is 11.6 Å². The third kappa shape index (κ3) is 3.10. The van der Waals surface area contributed by atoms with E-state index in [9.17, 15) is 9.90 Å². The Morgan fingerprint density at radius 1 is 1.12 bits per heavy atom. The van der Waals surface area contributed by atoms with E-state index in [0.29, 0.717) is 38.7 Å². The number of carboxylic acid groups (broad SMARTS) is 1. The summed E-state index contributed by atoms with van der Waals surface area (Å²) >= 11 is 6.09. The molecule has 0 fully saturated rings. The van der Waals surface area contributed by atoms with Gasteiger partial charge in [0.1, 0.15) is 11.5 Å². The zero-order chi connectivity index (χ0) is 18.1. The van der Waals surface area contributed by atoms with Crippen LogP contribution in [0.2, 0.25) is 5.02 Å². The zero-order valence-electron chi connectivity index (χ0n) is 14.0. The van der Waals surface area contributed by atoms with Crippen LogP contribution in [0.3, 0.4) is 0 Å². The zero-order valence-corrected chi connectivity index (χ0v) is 14.7. The average Bonchev–Trinajstić information content (AvgIpc) is 2.60. The van der Waals surface area contributed by atoms with Crippen LogP contribution in [-0.2, 0) is 0 Å². The lowest BCUT2D eigenvalue weighted by Gasteiger charge is -2.13. The number of aryl methyl sites for hydroxylation is 1. The highest BCUT2D eigenvalue weighted by molar-refractivity contribution is 6.31. The molecule has 0 radical (unpaired) electrons. The van der Waals surface area contributed by atoms with Gasteiger partial charge in [0.25, 0.3) is 0 Å². The Hall–Kier alpha value is -2.79. The van der Waals surface area contributed by atoms with Crippen molar-refractivity contribution in [1.82, 2.24) is 4.98 Å². The predicted octanol–water partition coefficient (Wildman–Crippen LogP) is 4.58. The fraction of sp³-hybridized carbons (Fsp3) is 0.158. The van der Waals surface area contributed by atoms with Gasteiger partial charge in [0.2, 0.25) is 0 Å². The number of carboxylic acids is 1. The van der Waals surface area contributed by atoms with E-state index in [2.05, 4.69) is 4.98 Å². The molecule has 6 heteroatoms. The molecule has 0 saturated carbocycles. The standard InChI is InChI=1S/C19H16ClNO4/c1-10-6-11(20)7-13-14(19(22)23)9-16(21-18(10)13)15-8-12(24-2)4-5-17(15)25-3/h4-9H,1-3H3,(H,22,23). The number of aromatic carboxylic acids is 1. The first-order valence-electron chi connectivity index (χ1n) is 7.51. The molecule has 5 nitrogen and oxygen atoms in total. The van der Waals surface area contributed by atoms with E-state index < -0.39 is 5.97 Å². The largest absolute Gasteiger partial charge is 0.497 e. The molecule has 0 atom stereocenters. The minimum absolute atomic E-state index is 0.135. The average molecular weight is 358 g/mol. The van der Waals surface area contributed by atoms with Crippen LogP contribution in [0, 0.1) is 6.92 Å². The lowest BCUT2D eigenvalue weighted by atomic mass is 10.0. The first-order chi connectivity index (χ1) is 11.9. The number of nitrogens with zero attached hydrogens (tertiary/aromatic N) is 1. The van der Waals surface area contributed by atoms with Crippen molar-refractivity contribution >= 4 is 28.5 Å².